The Kier molecular flexibility index (Phi) is 4.36. The van der Waals surface area contributed by atoms with Crippen LogP contribution in [-0.4, -0.2) is 0 Å². The van der Waals surface area contributed by atoms with Gasteiger partial charge >= 0.3 is 0 Å². The number of allylic oxidation sites excluding steroid dienone is 1. The van der Waals surface area contributed by atoms with Gasteiger partial charge in [-0.1, -0.05) is 38.1 Å². The van der Waals surface area contributed by atoms with Crippen molar-refractivity contribution in [2.45, 2.75) is 34.6 Å². The molecule has 16 heavy (non-hydrogen) atoms. The van der Waals surface area contributed by atoms with Crippen molar-refractivity contribution < 1.29 is 4.42 Å². The molecular weight excluding hydrogens is 196 g/mol. The van der Waals surface area contributed by atoms with Crippen LogP contribution in [0.3, 0.4) is 0 Å². The van der Waals surface area contributed by atoms with Crippen molar-refractivity contribution >= 4 is 17.0 Å². The molecule has 0 spiro atoms. The molecule has 0 aliphatic rings. The molecule has 2 rings (SSSR count). The summed E-state index contributed by atoms with van der Waals surface area (Å²) in [5.41, 5.74) is 3.43. The second kappa shape index (κ2) is 5.55. The van der Waals surface area contributed by atoms with Crippen LogP contribution in [0.2, 0.25) is 0 Å². The van der Waals surface area contributed by atoms with Crippen LogP contribution in [-0.2, 0) is 0 Å². The summed E-state index contributed by atoms with van der Waals surface area (Å²) >= 11 is 0. The lowest BCUT2D eigenvalue weighted by molar-refractivity contribution is 0.598. The van der Waals surface area contributed by atoms with Crippen molar-refractivity contribution in [3.05, 3.63) is 41.2 Å². The van der Waals surface area contributed by atoms with E-state index in [4.69, 9.17) is 4.42 Å². The van der Waals surface area contributed by atoms with E-state index in [-0.39, 0.29) is 0 Å². The molecule has 0 bridgehead atoms. The van der Waals surface area contributed by atoms with Crippen molar-refractivity contribution in [2.24, 2.45) is 0 Å². The Morgan fingerprint density at radius 3 is 2.38 bits per heavy atom. The van der Waals surface area contributed by atoms with Gasteiger partial charge in [0.05, 0.1) is 0 Å². The first-order chi connectivity index (χ1) is 7.74. The van der Waals surface area contributed by atoms with Crippen LogP contribution in [0.4, 0.5) is 0 Å². The molecule has 0 saturated carbocycles. The predicted octanol–water partition coefficient (Wildman–Crippen LogP) is 5.11. The molecule has 1 aromatic carbocycles. The van der Waals surface area contributed by atoms with Crippen LogP contribution < -0.4 is 0 Å². The summed E-state index contributed by atoms with van der Waals surface area (Å²) in [5.74, 6) is 0.969. The monoisotopic (exact) mass is 216 g/mol. The number of rotatable bonds is 1. The fourth-order valence-corrected chi connectivity index (χ4v) is 1.71. The molecule has 0 amide bonds. The fraction of sp³-hybridized carbons (Fsp3) is 0.333. The van der Waals surface area contributed by atoms with Gasteiger partial charge in [0, 0.05) is 10.9 Å². The second-order valence-corrected chi connectivity index (χ2v) is 3.54. The summed E-state index contributed by atoms with van der Waals surface area (Å²) in [6.45, 7) is 10.2. The zero-order valence-corrected chi connectivity index (χ0v) is 10.8. The third kappa shape index (κ3) is 2.19. The number of benzene rings is 1. The van der Waals surface area contributed by atoms with Crippen LogP contribution in [0.25, 0.3) is 17.0 Å². The van der Waals surface area contributed by atoms with Gasteiger partial charge in [-0.25, -0.2) is 0 Å². The Morgan fingerprint density at radius 1 is 1.12 bits per heavy atom. The number of aryl methyl sites for hydroxylation is 2. The summed E-state index contributed by atoms with van der Waals surface area (Å²) in [7, 11) is 0. The lowest BCUT2D eigenvalue weighted by Crippen LogP contribution is -1.72. The zero-order chi connectivity index (χ0) is 12.1. The Labute approximate surface area is 97.8 Å². The van der Waals surface area contributed by atoms with Crippen LogP contribution in [0.5, 0.6) is 0 Å². The van der Waals surface area contributed by atoms with Crippen molar-refractivity contribution in [3.63, 3.8) is 0 Å². The lowest BCUT2D eigenvalue weighted by atomic mass is 10.1. The van der Waals surface area contributed by atoms with Gasteiger partial charge in [0.25, 0.3) is 0 Å². The Balaban J connectivity index is 0.000000606. The largest absolute Gasteiger partial charge is 0.456 e. The zero-order valence-electron chi connectivity index (χ0n) is 10.8. The Hall–Kier alpha value is -1.50. The van der Waals surface area contributed by atoms with Gasteiger partial charge in [0.2, 0.25) is 0 Å². The number of furan rings is 1. The van der Waals surface area contributed by atoms with Gasteiger partial charge in [-0.3, -0.25) is 0 Å². The number of para-hydroxylation sites is 1. The van der Waals surface area contributed by atoms with E-state index in [1.165, 1.54) is 16.5 Å². The van der Waals surface area contributed by atoms with E-state index in [1.54, 1.807) is 0 Å². The summed E-state index contributed by atoms with van der Waals surface area (Å²) in [6, 6.07) is 6.25. The van der Waals surface area contributed by atoms with Gasteiger partial charge in [0.15, 0.2) is 0 Å². The minimum absolute atomic E-state index is 0.969. The van der Waals surface area contributed by atoms with Crippen molar-refractivity contribution in [3.8, 4) is 0 Å². The molecule has 86 valence electrons. The van der Waals surface area contributed by atoms with Gasteiger partial charge in [-0.15, -0.1) is 0 Å². The van der Waals surface area contributed by atoms with E-state index in [0.717, 1.165) is 11.3 Å². The maximum atomic E-state index is 5.78. The minimum atomic E-state index is 0.969. The first-order valence-electron chi connectivity index (χ1n) is 5.85. The van der Waals surface area contributed by atoms with E-state index >= 15 is 0 Å². The van der Waals surface area contributed by atoms with E-state index in [2.05, 4.69) is 32.0 Å². The van der Waals surface area contributed by atoms with Crippen LogP contribution in [0, 0.1) is 13.8 Å². The van der Waals surface area contributed by atoms with Crippen LogP contribution in [0.15, 0.2) is 28.7 Å². The highest BCUT2D eigenvalue weighted by Gasteiger charge is 2.08. The first kappa shape index (κ1) is 12.6. The van der Waals surface area contributed by atoms with E-state index in [9.17, 15) is 0 Å². The average Bonchev–Trinajstić information content (AvgIpc) is 2.62. The maximum Gasteiger partial charge on any atom is 0.137 e. The minimum Gasteiger partial charge on any atom is -0.456 e. The topological polar surface area (TPSA) is 13.1 Å². The second-order valence-electron chi connectivity index (χ2n) is 3.54. The number of hydrogen-bond acceptors (Lipinski definition) is 1. The smallest absolute Gasteiger partial charge is 0.137 e. The van der Waals surface area contributed by atoms with Crippen molar-refractivity contribution in [2.75, 3.05) is 0 Å². The first-order valence-corrected chi connectivity index (χ1v) is 5.85. The molecule has 1 nitrogen and oxygen atoms in total. The molecule has 0 fully saturated rings. The lowest BCUT2D eigenvalue weighted by Gasteiger charge is -1.92. The molecule has 0 aliphatic carbocycles. The van der Waals surface area contributed by atoms with Gasteiger partial charge in [-0.2, -0.15) is 0 Å². The molecule has 0 radical (unpaired) electrons. The standard InChI is InChI=1S/C13H14O.C2H6/c1-4-6-12-10(3)11-8-5-7-9(2)13(11)14-12;1-2/h4-8H,1-3H3;1-2H3/b6-4-;. The molecule has 1 heteroatoms. The fourth-order valence-electron chi connectivity index (χ4n) is 1.71. The molecule has 1 heterocycles. The molecule has 0 atom stereocenters. The normalized spacial score (nSPS) is 10.6. The third-order valence-corrected chi connectivity index (χ3v) is 2.52. The highest BCUT2D eigenvalue weighted by molar-refractivity contribution is 5.86. The summed E-state index contributed by atoms with van der Waals surface area (Å²) in [4.78, 5) is 0. The molecule has 1 aromatic heterocycles. The molecule has 0 aliphatic heterocycles. The highest BCUT2D eigenvalue weighted by atomic mass is 16.3. The van der Waals surface area contributed by atoms with Crippen LogP contribution in [0.1, 0.15) is 37.7 Å². The summed E-state index contributed by atoms with van der Waals surface area (Å²) in [6.07, 6.45) is 4.01. The van der Waals surface area contributed by atoms with Crippen molar-refractivity contribution in [1.29, 1.82) is 0 Å². The van der Waals surface area contributed by atoms with Crippen molar-refractivity contribution in [1.82, 2.24) is 0 Å². The third-order valence-electron chi connectivity index (χ3n) is 2.52. The maximum absolute atomic E-state index is 5.78. The molecular formula is C15H20O. The van der Waals surface area contributed by atoms with Gasteiger partial charge in [-0.05, 0) is 32.4 Å². The quantitative estimate of drug-likeness (QED) is 0.645. The number of hydrogen-bond donors (Lipinski definition) is 0. The summed E-state index contributed by atoms with van der Waals surface area (Å²) in [5, 5.41) is 1.22. The van der Waals surface area contributed by atoms with Gasteiger partial charge < -0.3 is 4.42 Å². The van der Waals surface area contributed by atoms with E-state index in [0.29, 0.717) is 0 Å². The Bertz CT molecular complexity index is 489. The van der Waals surface area contributed by atoms with E-state index in [1.807, 2.05) is 32.9 Å². The van der Waals surface area contributed by atoms with Crippen LogP contribution >= 0.6 is 0 Å². The highest BCUT2D eigenvalue weighted by Crippen LogP contribution is 2.28. The molecule has 0 saturated heterocycles. The van der Waals surface area contributed by atoms with E-state index < -0.39 is 0 Å². The molecule has 2 aromatic rings. The SMILES string of the molecule is C/C=C\c1oc2c(C)cccc2c1C.CC. The molecule has 0 N–H and O–H groups in total. The van der Waals surface area contributed by atoms with Gasteiger partial charge in [0.1, 0.15) is 11.3 Å². The molecule has 0 unspecified atom stereocenters. The predicted molar refractivity (Wildman–Crippen MR) is 71.7 cm³/mol. The summed E-state index contributed by atoms with van der Waals surface area (Å²) < 4.78 is 5.78. The number of fused-ring (bicyclic) bond motifs is 1. The Morgan fingerprint density at radius 2 is 1.81 bits per heavy atom. The average molecular weight is 216 g/mol.